The zero-order chi connectivity index (χ0) is 19.7. The summed E-state index contributed by atoms with van der Waals surface area (Å²) >= 11 is 0. The first-order valence-electron chi connectivity index (χ1n) is 10.7. The molecule has 3 heteroatoms. The van der Waals surface area contributed by atoms with Gasteiger partial charge in [0.1, 0.15) is 5.75 Å². The first-order chi connectivity index (χ1) is 13.1. The highest BCUT2D eigenvalue weighted by Crippen LogP contribution is 2.20. The second-order valence-electron chi connectivity index (χ2n) is 7.39. The van der Waals surface area contributed by atoms with E-state index in [1.54, 1.807) is 6.08 Å². The molecule has 0 radical (unpaired) electrons. The molecule has 152 valence electrons. The lowest BCUT2D eigenvalue weighted by Crippen LogP contribution is -2.08. The van der Waals surface area contributed by atoms with Crippen molar-refractivity contribution in [3.63, 3.8) is 0 Å². The molecule has 0 aromatic heterocycles. The number of hydrogen-bond acceptors (Lipinski definition) is 3. The molecule has 0 fully saturated rings. The van der Waals surface area contributed by atoms with Gasteiger partial charge in [-0.2, -0.15) is 0 Å². The molecule has 0 amide bonds. The van der Waals surface area contributed by atoms with Crippen LogP contribution in [-0.4, -0.2) is 18.7 Å². The third-order valence-electron chi connectivity index (χ3n) is 4.43. The molecule has 0 saturated carbocycles. The van der Waals surface area contributed by atoms with Gasteiger partial charge in [0.15, 0.2) is 0 Å². The molecule has 0 bridgehead atoms. The highest BCUT2D eigenvalue weighted by Gasteiger charge is 2.03. The van der Waals surface area contributed by atoms with E-state index in [4.69, 9.17) is 9.47 Å². The molecule has 0 N–H and O–H groups in total. The Morgan fingerprint density at radius 2 is 1.52 bits per heavy atom. The Balaban J connectivity index is 2.20. The molecule has 0 aliphatic carbocycles. The van der Waals surface area contributed by atoms with Gasteiger partial charge in [-0.3, -0.25) is 0 Å². The average Bonchev–Trinajstić information content (AvgIpc) is 2.64. The summed E-state index contributed by atoms with van der Waals surface area (Å²) in [5, 5.41) is 0. The minimum Gasteiger partial charge on any atom is -0.493 e. The SMILES string of the molecule is CCCCCCCCCCCCOc1ccccc1C=CC(=O)OC(C)C. The lowest BCUT2D eigenvalue weighted by Gasteiger charge is -2.09. The van der Waals surface area contributed by atoms with Crippen molar-refractivity contribution < 1.29 is 14.3 Å². The fourth-order valence-electron chi connectivity index (χ4n) is 2.95. The van der Waals surface area contributed by atoms with Gasteiger partial charge in [0.25, 0.3) is 0 Å². The Kier molecular flexibility index (Phi) is 13.2. The maximum Gasteiger partial charge on any atom is 0.331 e. The van der Waals surface area contributed by atoms with Crippen LogP contribution in [0.15, 0.2) is 30.3 Å². The largest absolute Gasteiger partial charge is 0.493 e. The molecular formula is C24H38O3. The molecule has 0 aliphatic rings. The second-order valence-corrected chi connectivity index (χ2v) is 7.39. The third kappa shape index (κ3) is 12.3. The van der Waals surface area contributed by atoms with E-state index < -0.39 is 0 Å². The number of hydrogen-bond donors (Lipinski definition) is 0. The van der Waals surface area contributed by atoms with E-state index in [1.165, 1.54) is 63.9 Å². The number of ether oxygens (including phenoxy) is 2. The Hall–Kier alpha value is -1.77. The monoisotopic (exact) mass is 374 g/mol. The predicted molar refractivity (Wildman–Crippen MR) is 114 cm³/mol. The van der Waals surface area contributed by atoms with Gasteiger partial charge in [-0.15, -0.1) is 0 Å². The predicted octanol–water partition coefficient (Wildman–Crippen LogP) is 6.95. The fourth-order valence-corrected chi connectivity index (χ4v) is 2.95. The van der Waals surface area contributed by atoms with Gasteiger partial charge in [0.2, 0.25) is 0 Å². The zero-order valence-corrected chi connectivity index (χ0v) is 17.5. The van der Waals surface area contributed by atoms with Crippen LogP contribution in [0.25, 0.3) is 6.08 Å². The van der Waals surface area contributed by atoms with E-state index in [-0.39, 0.29) is 12.1 Å². The molecule has 0 saturated heterocycles. The molecular weight excluding hydrogens is 336 g/mol. The summed E-state index contributed by atoms with van der Waals surface area (Å²) in [5.74, 6) is 0.497. The van der Waals surface area contributed by atoms with Crippen LogP contribution in [0.5, 0.6) is 5.75 Å². The number of esters is 1. The average molecular weight is 375 g/mol. The molecule has 27 heavy (non-hydrogen) atoms. The quantitative estimate of drug-likeness (QED) is 0.189. The smallest absolute Gasteiger partial charge is 0.331 e. The molecule has 0 aliphatic heterocycles. The molecule has 3 nitrogen and oxygen atoms in total. The minimum absolute atomic E-state index is 0.106. The van der Waals surface area contributed by atoms with Gasteiger partial charge in [-0.25, -0.2) is 4.79 Å². The van der Waals surface area contributed by atoms with Crippen LogP contribution in [-0.2, 0) is 9.53 Å². The first-order valence-corrected chi connectivity index (χ1v) is 10.7. The summed E-state index contributed by atoms with van der Waals surface area (Å²) in [7, 11) is 0. The summed E-state index contributed by atoms with van der Waals surface area (Å²) in [6, 6.07) is 7.80. The lowest BCUT2D eigenvalue weighted by atomic mass is 10.1. The highest BCUT2D eigenvalue weighted by molar-refractivity contribution is 5.87. The molecule has 0 atom stereocenters. The normalized spacial score (nSPS) is 11.3. The van der Waals surface area contributed by atoms with Gasteiger partial charge < -0.3 is 9.47 Å². The van der Waals surface area contributed by atoms with E-state index in [0.717, 1.165) is 24.3 Å². The van der Waals surface area contributed by atoms with Crippen LogP contribution in [0.3, 0.4) is 0 Å². The number of para-hydroxylation sites is 1. The van der Waals surface area contributed by atoms with Gasteiger partial charge in [-0.05, 0) is 32.4 Å². The number of rotatable bonds is 15. The maximum absolute atomic E-state index is 11.6. The Morgan fingerprint density at radius 3 is 2.15 bits per heavy atom. The van der Waals surface area contributed by atoms with Crippen LogP contribution >= 0.6 is 0 Å². The van der Waals surface area contributed by atoms with Crippen molar-refractivity contribution in [1.82, 2.24) is 0 Å². The standard InChI is InChI=1S/C24H38O3/c1-4-5-6-7-8-9-10-11-12-15-20-26-23-17-14-13-16-22(23)18-19-24(25)27-21(2)3/h13-14,16-19,21H,4-12,15,20H2,1-3H3. The van der Waals surface area contributed by atoms with Crippen molar-refractivity contribution in [3.8, 4) is 5.75 Å². The second kappa shape index (κ2) is 15.3. The summed E-state index contributed by atoms with van der Waals surface area (Å²) in [6.45, 7) is 6.67. The van der Waals surface area contributed by atoms with E-state index in [9.17, 15) is 4.79 Å². The van der Waals surface area contributed by atoms with Crippen molar-refractivity contribution in [2.24, 2.45) is 0 Å². The van der Waals surface area contributed by atoms with E-state index >= 15 is 0 Å². The van der Waals surface area contributed by atoms with Crippen LogP contribution in [0.2, 0.25) is 0 Å². The van der Waals surface area contributed by atoms with Crippen molar-refractivity contribution in [3.05, 3.63) is 35.9 Å². The van der Waals surface area contributed by atoms with Crippen molar-refractivity contribution in [2.45, 2.75) is 91.1 Å². The van der Waals surface area contributed by atoms with Crippen LogP contribution < -0.4 is 4.74 Å². The topological polar surface area (TPSA) is 35.5 Å². The number of carbonyl (C=O) groups excluding carboxylic acids is 1. The van der Waals surface area contributed by atoms with Crippen molar-refractivity contribution >= 4 is 12.0 Å². The van der Waals surface area contributed by atoms with Crippen LogP contribution in [0.4, 0.5) is 0 Å². The van der Waals surface area contributed by atoms with E-state index in [1.807, 2.05) is 38.1 Å². The van der Waals surface area contributed by atoms with Crippen molar-refractivity contribution in [2.75, 3.05) is 6.61 Å². The lowest BCUT2D eigenvalue weighted by molar-refractivity contribution is -0.141. The number of carbonyl (C=O) groups is 1. The van der Waals surface area contributed by atoms with Gasteiger partial charge >= 0.3 is 5.97 Å². The highest BCUT2D eigenvalue weighted by atomic mass is 16.5. The third-order valence-corrected chi connectivity index (χ3v) is 4.43. The number of unbranched alkanes of at least 4 members (excludes halogenated alkanes) is 9. The number of benzene rings is 1. The molecule has 1 rings (SSSR count). The minimum atomic E-state index is -0.325. The van der Waals surface area contributed by atoms with Gasteiger partial charge in [0, 0.05) is 11.6 Å². The fraction of sp³-hybridized carbons (Fsp3) is 0.625. The van der Waals surface area contributed by atoms with Crippen LogP contribution in [0, 0.1) is 0 Å². The van der Waals surface area contributed by atoms with Crippen LogP contribution in [0.1, 0.15) is 90.5 Å². The maximum atomic E-state index is 11.6. The Bertz CT molecular complexity index is 534. The first kappa shape index (κ1) is 23.3. The summed E-state index contributed by atoms with van der Waals surface area (Å²) in [6.07, 6.45) is 16.3. The molecule has 1 aromatic rings. The molecule has 0 spiro atoms. The van der Waals surface area contributed by atoms with Crippen molar-refractivity contribution in [1.29, 1.82) is 0 Å². The Morgan fingerprint density at radius 1 is 0.926 bits per heavy atom. The van der Waals surface area contributed by atoms with E-state index in [0.29, 0.717) is 0 Å². The zero-order valence-electron chi connectivity index (χ0n) is 17.5. The Labute approximate surface area is 166 Å². The van der Waals surface area contributed by atoms with Gasteiger partial charge in [-0.1, -0.05) is 82.9 Å². The van der Waals surface area contributed by atoms with Gasteiger partial charge in [0.05, 0.1) is 12.7 Å². The molecule has 1 aromatic carbocycles. The molecule has 0 unspecified atom stereocenters. The summed E-state index contributed by atoms with van der Waals surface area (Å²) < 4.78 is 11.0. The summed E-state index contributed by atoms with van der Waals surface area (Å²) in [5.41, 5.74) is 0.908. The summed E-state index contributed by atoms with van der Waals surface area (Å²) in [4.78, 5) is 11.6. The van der Waals surface area contributed by atoms with E-state index in [2.05, 4.69) is 6.92 Å². The molecule has 0 heterocycles.